The molecule has 0 aromatic heterocycles. The van der Waals surface area contributed by atoms with Gasteiger partial charge < -0.3 is 15.4 Å². The van der Waals surface area contributed by atoms with Gasteiger partial charge in [-0.15, -0.1) is 0 Å². The third-order valence-corrected chi connectivity index (χ3v) is 3.60. The van der Waals surface area contributed by atoms with Crippen LogP contribution in [0.15, 0.2) is 60.3 Å². The summed E-state index contributed by atoms with van der Waals surface area (Å²) in [5.74, 6) is -0.998. The van der Waals surface area contributed by atoms with Crippen LogP contribution in [0.2, 0.25) is 5.02 Å². The van der Waals surface area contributed by atoms with Crippen molar-refractivity contribution in [3.8, 4) is 6.07 Å². The highest BCUT2D eigenvalue weighted by Gasteiger charge is 2.11. The molecule has 0 saturated heterocycles. The number of halogens is 1. The van der Waals surface area contributed by atoms with Crippen molar-refractivity contribution in [2.24, 2.45) is 0 Å². The van der Waals surface area contributed by atoms with Gasteiger partial charge in [0.25, 0.3) is 5.91 Å². The number of nitrogens with one attached hydrogen (secondary N) is 2. The molecular weight excluding hydrogens is 354 g/mol. The number of rotatable bonds is 6. The lowest BCUT2D eigenvalue weighted by molar-refractivity contribution is -0.112. The van der Waals surface area contributed by atoms with Crippen LogP contribution in [0.4, 0.5) is 11.4 Å². The van der Waals surface area contributed by atoms with E-state index >= 15 is 0 Å². The number of nitrogens with zero attached hydrogens (tertiary/aromatic N) is 1. The zero-order valence-corrected chi connectivity index (χ0v) is 14.7. The molecule has 2 aromatic carbocycles. The Morgan fingerprint density at radius 3 is 2.50 bits per heavy atom. The van der Waals surface area contributed by atoms with Gasteiger partial charge in [-0.2, -0.15) is 5.26 Å². The molecule has 1 amide bonds. The number of ether oxygens (including phenoxy) is 1. The number of hydrogen-bond acceptors (Lipinski definition) is 5. The molecule has 0 aliphatic rings. The van der Waals surface area contributed by atoms with E-state index in [0.29, 0.717) is 28.6 Å². The van der Waals surface area contributed by atoms with Gasteiger partial charge >= 0.3 is 5.97 Å². The van der Waals surface area contributed by atoms with E-state index in [4.69, 9.17) is 16.3 Å². The fourth-order valence-corrected chi connectivity index (χ4v) is 2.16. The van der Waals surface area contributed by atoms with E-state index in [-0.39, 0.29) is 5.57 Å². The van der Waals surface area contributed by atoms with Crippen LogP contribution < -0.4 is 10.6 Å². The predicted molar refractivity (Wildman–Crippen MR) is 99.8 cm³/mol. The van der Waals surface area contributed by atoms with Crippen LogP contribution in [0.1, 0.15) is 17.3 Å². The number of para-hydroxylation sites is 1. The van der Waals surface area contributed by atoms with E-state index in [1.165, 1.54) is 6.20 Å². The third kappa shape index (κ3) is 5.10. The maximum absolute atomic E-state index is 12.2. The molecule has 0 spiro atoms. The van der Waals surface area contributed by atoms with Gasteiger partial charge in [0.1, 0.15) is 11.6 Å². The van der Waals surface area contributed by atoms with Crippen LogP contribution in [0.5, 0.6) is 0 Å². The van der Waals surface area contributed by atoms with Crippen LogP contribution in [0.3, 0.4) is 0 Å². The van der Waals surface area contributed by atoms with Crippen molar-refractivity contribution in [1.82, 2.24) is 0 Å². The van der Waals surface area contributed by atoms with E-state index < -0.39 is 11.9 Å². The summed E-state index contributed by atoms with van der Waals surface area (Å²) >= 11 is 5.98. The average molecular weight is 370 g/mol. The summed E-state index contributed by atoms with van der Waals surface area (Å²) in [6.07, 6.45) is 1.28. The Morgan fingerprint density at radius 2 is 1.88 bits per heavy atom. The van der Waals surface area contributed by atoms with Crippen LogP contribution in [-0.4, -0.2) is 18.5 Å². The minimum absolute atomic E-state index is 0.126. The van der Waals surface area contributed by atoms with Crippen molar-refractivity contribution in [3.05, 3.63) is 70.9 Å². The Balaban J connectivity index is 2.05. The first-order valence-electron chi connectivity index (χ1n) is 7.75. The average Bonchev–Trinajstić information content (AvgIpc) is 2.65. The van der Waals surface area contributed by atoms with Gasteiger partial charge in [0.15, 0.2) is 0 Å². The molecule has 7 heteroatoms. The normalized spacial score (nSPS) is 10.6. The number of esters is 1. The molecule has 2 aromatic rings. The fourth-order valence-electron chi connectivity index (χ4n) is 1.97. The Labute approximate surface area is 156 Å². The highest BCUT2D eigenvalue weighted by molar-refractivity contribution is 6.34. The van der Waals surface area contributed by atoms with Crippen LogP contribution in [0, 0.1) is 11.3 Å². The van der Waals surface area contributed by atoms with Crippen LogP contribution >= 0.6 is 11.6 Å². The Bertz CT molecular complexity index is 870. The largest absolute Gasteiger partial charge is 0.462 e. The van der Waals surface area contributed by atoms with Gasteiger partial charge in [0, 0.05) is 11.9 Å². The molecule has 0 radical (unpaired) electrons. The number of anilines is 2. The first kappa shape index (κ1) is 19.0. The lowest BCUT2D eigenvalue weighted by atomic mass is 10.2. The topological polar surface area (TPSA) is 91.2 Å². The summed E-state index contributed by atoms with van der Waals surface area (Å²) in [5.41, 5.74) is 1.31. The van der Waals surface area contributed by atoms with E-state index in [9.17, 15) is 14.9 Å². The monoisotopic (exact) mass is 369 g/mol. The van der Waals surface area contributed by atoms with Crippen molar-refractivity contribution in [1.29, 1.82) is 5.26 Å². The van der Waals surface area contributed by atoms with Gasteiger partial charge in [0.2, 0.25) is 0 Å². The van der Waals surface area contributed by atoms with Gasteiger partial charge in [-0.05, 0) is 43.3 Å². The minimum atomic E-state index is -0.587. The van der Waals surface area contributed by atoms with Gasteiger partial charge in [-0.1, -0.05) is 23.7 Å². The van der Waals surface area contributed by atoms with Gasteiger partial charge in [0.05, 0.1) is 22.9 Å². The Morgan fingerprint density at radius 1 is 1.19 bits per heavy atom. The number of hydrogen-bond donors (Lipinski definition) is 2. The van der Waals surface area contributed by atoms with E-state index in [2.05, 4.69) is 10.6 Å². The standard InChI is InChI=1S/C19H16ClN3O3/c1-2-26-19(25)13-7-9-15(10-8-13)22-12-14(11-21)18(24)23-17-6-4-3-5-16(17)20/h3-10,12,22H,2H2,1H3,(H,23,24)/b14-12-. The zero-order valence-electron chi connectivity index (χ0n) is 14.0. The Hall–Kier alpha value is -3.30. The summed E-state index contributed by atoms with van der Waals surface area (Å²) < 4.78 is 4.90. The lowest BCUT2D eigenvalue weighted by Gasteiger charge is -2.07. The Kier molecular flexibility index (Phi) is 6.77. The molecule has 0 aliphatic heterocycles. The lowest BCUT2D eigenvalue weighted by Crippen LogP contribution is -2.14. The molecule has 0 saturated carbocycles. The number of carbonyl (C=O) groups is 2. The molecule has 2 rings (SSSR count). The van der Waals surface area contributed by atoms with Crippen LogP contribution in [-0.2, 0) is 9.53 Å². The maximum Gasteiger partial charge on any atom is 0.338 e. The molecule has 0 atom stereocenters. The zero-order chi connectivity index (χ0) is 18.9. The molecular formula is C19H16ClN3O3. The number of benzene rings is 2. The molecule has 2 N–H and O–H groups in total. The number of carbonyl (C=O) groups excluding carboxylic acids is 2. The first-order valence-corrected chi connectivity index (χ1v) is 8.12. The van der Waals surface area contributed by atoms with Crippen molar-refractivity contribution in [2.45, 2.75) is 6.92 Å². The highest BCUT2D eigenvalue weighted by atomic mass is 35.5. The van der Waals surface area contributed by atoms with Crippen LogP contribution in [0.25, 0.3) is 0 Å². The minimum Gasteiger partial charge on any atom is -0.462 e. The van der Waals surface area contributed by atoms with E-state index in [1.54, 1.807) is 55.5 Å². The maximum atomic E-state index is 12.2. The SMILES string of the molecule is CCOC(=O)c1ccc(N/C=C(/C#N)C(=O)Nc2ccccc2Cl)cc1. The predicted octanol–water partition coefficient (Wildman–Crippen LogP) is 3.97. The van der Waals surface area contributed by atoms with Crippen molar-refractivity contribution < 1.29 is 14.3 Å². The fraction of sp³-hybridized carbons (Fsp3) is 0.105. The molecule has 132 valence electrons. The quantitative estimate of drug-likeness (QED) is 0.456. The molecule has 0 aliphatic carbocycles. The summed E-state index contributed by atoms with van der Waals surface area (Å²) in [5, 5.41) is 15.0. The summed E-state index contributed by atoms with van der Waals surface area (Å²) in [6, 6.07) is 15.0. The summed E-state index contributed by atoms with van der Waals surface area (Å²) in [4.78, 5) is 23.8. The van der Waals surface area contributed by atoms with E-state index in [1.807, 2.05) is 6.07 Å². The molecule has 26 heavy (non-hydrogen) atoms. The molecule has 0 heterocycles. The molecule has 0 bridgehead atoms. The van der Waals surface area contributed by atoms with Gasteiger partial charge in [-0.3, -0.25) is 4.79 Å². The summed E-state index contributed by atoms with van der Waals surface area (Å²) in [7, 11) is 0. The molecule has 6 nitrogen and oxygen atoms in total. The van der Waals surface area contributed by atoms with E-state index in [0.717, 1.165) is 0 Å². The second kappa shape index (κ2) is 9.25. The van der Waals surface area contributed by atoms with Gasteiger partial charge in [-0.25, -0.2) is 4.79 Å². The third-order valence-electron chi connectivity index (χ3n) is 3.27. The smallest absolute Gasteiger partial charge is 0.338 e. The van der Waals surface area contributed by atoms with Crippen molar-refractivity contribution >= 4 is 34.9 Å². The second-order valence-electron chi connectivity index (χ2n) is 5.05. The number of nitriles is 1. The summed E-state index contributed by atoms with van der Waals surface area (Å²) in [6.45, 7) is 2.03. The highest BCUT2D eigenvalue weighted by Crippen LogP contribution is 2.21. The van der Waals surface area contributed by atoms with Crippen molar-refractivity contribution in [2.75, 3.05) is 17.2 Å². The first-order chi connectivity index (χ1) is 12.5. The molecule has 0 fully saturated rings. The second-order valence-corrected chi connectivity index (χ2v) is 5.45. The molecule has 0 unspecified atom stereocenters. The van der Waals surface area contributed by atoms with Crippen molar-refractivity contribution in [3.63, 3.8) is 0 Å². The number of amides is 1.